The first-order chi connectivity index (χ1) is 8.33. The van der Waals surface area contributed by atoms with Gasteiger partial charge in [-0.3, -0.25) is 4.37 Å². The molecule has 3 rings (SSSR count). The fraction of sp³-hybridized carbons (Fsp3) is 0.273. The van der Waals surface area contributed by atoms with Gasteiger partial charge in [0.05, 0.1) is 13.2 Å². The van der Waals surface area contributed by atoms with Gasteiger partial charge in [0.15, 0.2) is 10.2 Å². The molecular formula is C11H10N2O2S2. The van der Waals surface area contributed by atoms with Crippen molar-refractivity contribution in [1.29, 1.82) is 0 Å². The summed E-state index contributed by atoms with van der Waals surface area (Å²) in [4.78, 5) is 4.22. The highest BCUT2D eigenvalue weighted by atomic mass is 32.2. The highest BCUT2D eigenvalue weighted by Crippen LogP contribution is 2.25. The molecule has 17 heavy (non-hydrogen) atoms. The van der Waals surface area contributed by atoms with E-state index < -0.39 is 0 Å². The van der Waals surface area contributed by atoms with Gasteiger partial charge in [0.2, 0.25) is 0 Å². The molecule has 2 aromatic rings. The van der Waals surface area contributed by atoms with Crippen molar-refractivity contribution < 1.29 is 9.47 Å². The van der Waals surface area contributed by atoms with Gasteiger partial charge in [0, 0.05) is 11.1 Å². The third-order valence-electron chi connectivity index (χ3n) is 2.52. The van der Waals surface area contributed by atoms with E-state index in [1.165, 1.54) is 11.5 Å². The Balaban J connectivity index is 1.86. The zero-order valence-corrected chi connectivity index (χ0v) is 10.5. The quantitative estimate of drug-likeness (QED) is 0.849. The second-order valence-corrected chi connectivity index (χ2v) is 5.07. The molecule has 1 saturated heterocycles. The topological polar surface area (TPSA) is 47.1 Å². The summed E-state index contributed by atoms with van der Waals surface area (Å²) in [6.07, 6.45) is -0.224. The van der Waals surface area contributed by atoms with Crippen LogP contribution in [-0.2, 0) is 9.47 Å². The number of nitrogens with one attached hydrogen (secondary N) is 1. The predicted molar refractivity (Wildman–Crippen MR) is 67.4 cm³/mol. The van der Waals surface area contributed by atoms with E-state index in [0.29, 0.717) is 17.2 Å². The average Bonchev–Trinajstić information content (AvgIpc) is 3.00. The summed E-state index contributed by atoms with van der Waals surface area (Å²) >= 11 is 6.34. The molecule has 1 aromatic carbocycles. The van der Waals surface area contributed by atoms with Crippen molar-refractivity contribution in [2.45, 2.75) is 6.29 Å². The summed E-state index contributed by atoms with van der Waals surface area (Å²) in [5, 5.41) is 0. The highest BCUT2D eigenvalue weighted by Gasteiger charge is 2.17. The number of aromatic nitrogens is 2. The van der Waals surface area contributed by atoms with Crippen LogP contribution in [0.5, 0.6) is 0 Å². The Morgan fingerprint density at radius 1 is 1.24 bits per heavy atom. The summed E-state index contributed by atoms with van der Waals surface area (Å²) in [5.74, 6) is 0.805. The van der Waals surface area contributed by atoms with Gasteiger partial charge in [-0.1, -0.05) is 24.3 Å². The Morgan fingerprint density at radius 3 is 2.53 bits per heavy atom. The summed E-state index contributed by atoms with van der Waals surface area (Å²) in [7, 11) is 0. The summed E-state index contributed by atoms with van der Waals surface area (Å²) < 4.78 is 14.5. The molecule has 1 fully saturated rings. The molecule has 1 aliphatic rings. The third-order valence-corrected chi connectivity index (χ3v) is 3.42. The lowest BCUT2D eigenvalue weighted by Crippen LogP contribution is -1.97. The minimum absolute atomic E-state index is 0.224. The molecule has 88 valence electrons. The van der Waals surface area contributed by atoms with Crippen LogP contribution in [0.1, 0.15) is 11.9 Å². The van der Waals surface area contributed by atoms with Gasteiger partial charge in [0.25, 0.3) is 0 Å². The average molecular weight is 266 g/mol. The maximum absolute atomic E-state index is 5.43. The number of benzene rings is 1. The lowest BCUT2D eigenvalue weighted by molar-refractivity contribution is -0.0441. The molecule has 2 heterocycles. The number of nitrogens with zero attached hydrogens (tertiary/aromatic N) is 1. The molecule has 0 amide bonds. The number of hydrogen-bond acceptors (Lipinski definition) is 5. The van der Waals surface area contributed by atoms with Gasteiger partial charge in [-0.15, -0.1) is 0 Å². The fourth-order valence-electron chi connectivity index (χ4n) is 1.70. The highest BCUT2D eigenvalue weighted by molar-refractivity contribution is 7.73. The SMILES string of the molecule is S=c1nc(-c2ccc(C3OCCO3)cc2)[nH]s1. The summed E-state index contributed by atoms with van der Waals surface area (Å²) in [5.41, 5.74) is 2.04. The van der Waals surface area contributed by atoms with Crippen molar-refractivity contribution in [2.24, 2.45) is 0 Å². The van der Waals surface area contributed by atoms with E-state index >= 15 is 0 Å². The summed E-state index contributed by atoms with van der Waals surface area (Å²) in [6.45, 7) is 1.32. The summed E-state index contributed by atoms with van der Waals surface area (Å²) in [6, 6.07) is 7.95. The van der Waals surface area contributed by atoms with E-state index in [2.05, 4.69) is 9.36 Å². The lowest BCUT2D eigenvalue weighted by Gasteiger charge is -2.09. The van der Waals surface area contributed by atoms with Gasteiger partial charge in [-0.25, -0.2) is 4.98 Å². The normalized spacial score (nSPS) is 16.5. The first-order valence-electron chi connectivity index (χ1n) is 5.22. The standard InChI is InChI=1S/C11H10N2O2S2/c16-11-12-9(13-17-11)7-1-3-8(4-2-7)10-14-5-6-15-10/h1-4,10H,5-6H2,(H,12,13,16). The van der Waals surface area contributed by atoms with E-state index in [9.17, 15) is 0 Å². The van der Waals surface area contributed by atoms with Crippen LogP contribution < -0.4 is 0 Å². The number of hydrogen-bond donors (Lipinski definition) is 1. The van der Waals surface area contributed by atoms with Crippen molar-refractivity contribution in [1.82, 2.24) is 9.36 Å². The Bertz CT molecular complexity index is 555. The molecule has 1 aromatic heterocycles. The third kappa shape index (κ3) is 2.30. The largest absolute Gasteiger partial charge is 0.346 e. The molecule has 0 atom stereocenters. The number of H-pyrrole nitrogens is 1. The van der Waals surface area contributed by atoms with E-state index in [1.54, 1.807) is 0 Å². The van der Waals surface area contributed by atoms with Crippen LogP contribution in [0.25, 0.3) is 11.4 Å². The van der Waals surface area contributed by atoms with Crippen LogP contribution in [-0.4, -0.2) is 22.6 Å². The van der Waals surface area contributed by atoms with Gasteiger partial charge in [-0.2, -0.15) is 0 Å². The van der Waals surface area contributed by atoms with Gasteiger partial charge < -0.3 is 9.47 Å². The van der Waals surface area contributed by atoms with Crippen LogP contribution in [0.2, 0.25) is 0 Å². The first-order valence-corrected chi connectivity index (χ1v) is 6.44. The molecule has 4 nitrogen and oxygen atoms in total. The van der Waals surface area contributed by atoms with Gasteiger partial charge in [-0.05, 0) is 23.8 Å². The number of rotatable bonds is 2. The monoisotopic (exact) mass is 266 g/mol. The molecule has 0 aliphatic carbocycles. The smallest absolute Gasteiger partial charge is 0.198 e. The molecule has 0 saturated carbocycles. The van der Waals surface area contributed by atoms with E-state index in [4.69, 9.17) is 21.7 Å². The first kappa shape index (κ1) is 11.0. The van der Waals surface area contributed by atoms with Crippen molar-refractivity contribution in [3.05, 3.63) is 33.8 Å². The van der Waals surface area contributed by atoms with Crippen molar-refractivity contribution in [2.75, 3.05) is 13.2 Å². The zero-order chi connectivity index (χ0) is 11.7. The fourth-order valence-corrected chi connectivity index (χ4v) is 2.40. The van der Waals surface area contributed by atoms with Crippen LogP contribution in [0.15, 0.2) is 24.3 Å². The Morgan fingerprint density at radius 2 is 1.94 bits per heavy atom. The maximum atomic E-state index is 5.43. The maximum Gasteiger partial charge on any atom is 0.198 e. The molecule has 0 unspecified atom stereocenters. The van der Waals surface area contributed by atoms with E-state index in [0.717, 1.165) is 17.0 Å². The zero-order valence-electron chi connectivity index (χ0n) is 8.88. The van der Waals surface area contributed by atoms with E-state index in [1.807, 2.05) is 24.3 Å². The molecule has 0 spiro atoms. The number of ether oxygens (including phenoxy) is 2. The van der Waals surface area contributed by atoms with Crippen LogP contribution in [0.4, 0.5) is 0 Å². The Labute approximate surface area is 107 Å². The van der Waals surface area contributed by atoms with Crippen LogP contribution >= 0.6 is 23.8 Å². The Kier molecular flexibility index (Phi) is 3.02. The molecule has 0 bridgehead atoms. The van der Waals surface area contributed by atoms with Crippen LogP contribution in [0, 0.1) is 3.95 Å². The molecule has 0 radical (unpaired) electrons. The second kappa shape index (κ2) is 4.66. The van der Waals surface area contributed by atoms with Crippen molar-refractivity contribution in [3.63, 3.8) is 0 Å². The van der Waals surface area contributed by atoms with Crippen molar-refractivity contribution >= 4 is 23.8 Å². The van der Waals surface area contributed by atoms with Crippen molar-refractivity contribution in [3.8, 4) is 11.4 Å². The molecular weight excluding hydrogens is 256 g/mol. The number of aromatic amines is 1. The lowest BCUT2D eigenvalue weighted by atomic mass is 10.1. The van der Waals surface area contributed by atoms with E-state index in [-0.39, 0.29) is 6.29 Å². The van der Waals surface area contributed by atoms with Crippen LogP contribution in [0.3, 0.4) is 0 Å². The molecule has 1 aliphatic heterocycles. The second-order valence-electron chi connectivity index (χ2n) is 3.63. The Hall–Kier alpha value is -1.08. The predicted octanol–water partition coefficient (Wildman–Crippen LogP) is 2.91. The molecule has 1 N–H and O–H groups in total. The van der Waals surface area contributed by atoms with Gasteiger partial charge in [0.1, 0.15) is 5.82 Å². The molecule has 6 heteroatoms. The minimum atomic E-state index is -0.224. The van der Waals surface area contributed by atoms with Gasteiger partial charge >= 0.3 is 0 Å². The minimum Gasteiger partial charge on any atom is -0.346 e.